The van der Waals surface area contributed by atoms with Crippen LogP contribution < -0.4 is 5.32 Å². The maximum Gasteiger partial charge on any atom is 0.255 e. The molecule has 3 unspecified atom stereocenters. The lowest BCUT2D eigenvalue weighted by Crippen LogP contribution is -2.47. The van der Waals surface area contributed by atoms with Crippen LogP contribution in [0.15, 0.2) is 35.2 Å². The molecule has 2 aromatic carbocycles. The van der Waals surface area contributed by atoms with E-state index < -0.39 is 29.0 Å². The Kier molecular flexibility index (Phi) is 6.49. The number of nitrogens with zero attached hydrogens (tertiary/aromatic N) is 3. The predicted octanol–water partition coefficient (Wildman–Crippen LogP) is 4.78. The number of carbonyl (C=O) groups excluding carboxylic acids is 1. The lowest BCUT2D eigenvalue weighted by atomic mass is 9.72. The van der Waals surface area contributed by atoms with Gasteiger partial charge < -0.3 is 10.4 Å². The third kappa shape index (κ3) is 4.76. The van der Waals surface area contributed by atoms with Crippen LogP contribution in [0.4, 0.5) is 18.9 Å². The van der Waals surface area contributed by atoms with Gasteiger partial charge in [0.25, 0.3) is 5.91 Å². The molecule has 1 amide bonds. The zero-order chi connectivity index (χ0) is 24.7. The summed E-state index contributed by atoms with van der Waals surface area (Å²) in [7, 11) is 0. The lowest BCUT2D eigenvalue weighted by Gasteiger charge is -2.42. The van der Waals surface area contributed by atoms with E-state index in [9.17, 15) is 23.1 Å². The summed E-state index contributed by atoms with van der Waals surface area (Å²) in [6.45, 7) is 0. The molecule has 0 saturated heterocycles. The molecule has 3 aromatic rings. The van der Waals surface area contributed by atoms with Gasteiger partial charge in [-0.3, -0.25) is 4.79 Å². The monoisotopic (exact) mass is 523 g/mol. The summed E-state index contributed by atoms with van der Waals surface area (Å²) in [5.41, 5.74) is -0.818. The van der Waals surface area contributed by atoms with Crippen LogP contribution in [0.5, 0.6) is 0 Å². The molecule has 1 heterocycles. The molecule has 2 aliphatic carbocycles. The van der Waals surface area contributed by atoms with Crippen LogP contribution in [0, 0.1) is 29.3 Å². The third-order valence-electron chi connectivity index (χ3n) is 6.93. The Morgan fingerprint density at radius 2 is 1.86 bits per heavy atom. The zero-order valence-corrected chi connectivity index (χ0v) is 19.8. The van der Waals surface area contributed by atoms with Crippen LogP contribution in [0.2, 0.25) is 5.02 Å². The van der Waals surface area contributed by atoms with Gasteiger partial charge in [0.15, 0.2) is 23.3 Å². The molecule has 4 atom stereocenters. The number of carbonyl (C=O) groups is 1. The largest absolute Gasteiger partial charge is 0.389 e. The van der Waals surface area contributed by atoms with E-state index in [0.717, 1.165) is 37.8 Å². The summed E-state index contributed by atoms with van der Waals surface area (Å²) in [6, 6.07) is 6.16. The standard InChI is InChI=1S/C23H21ClF3N5O2S/c24-16-4-1-11(22(33)28-14-8-17(25)21(27)18(26)9-14)5-19(16)35-15-6-12-2-3-13(7-15)23(12,34)10-20-29-31-32-30-20/h1,4-5,8-9,12-13,15,34H,2-3,6-7,10H2,(H,28,33)(H,29,30,31,32)/t12-,13?,15?,23?/m0/s1. The molecule has 0 aliphatic heterocycles. The summed E-state index contributed by atoms with van der Waals surface area (Å²) in [6.07, 6.45) is 3.73. The van der Waals surface area contributed by atoms with Crippen LogP contribution >= 0.6 is 23.4 Å². The number of aromatic nitrogens is 4. The molecule has 5 rings (SSSR count). The summed E-state index contributed by atoms with van der Waals surface area (Å²) >= 11 is 7.96. The fourth-order valence-electron chi connectivity index (χ4n) is 5.25. The number of hydrogen-bond donors (Lipinski definition) is 3. The van der Waals surface area contributed by atoms with Gasteiger partial charge in [-0.1, -0.05) is 16.8 Å². The Labute approximate surface area is 207 Å². The molecule has 0 spiro atoms. The number of aromatic amines is 1. The topological polar surface area (TPSA) is 104 Å². The van der Waals surface area contributed by atoms with Gasteiger partial charge in [0.2, 0.25) is 0 Å². The molecule has 184 valence electrons. The van der Waals surface area contributed by atoms with E-state index in [2.05, 4.69) is 25.9 Å². The molecule has 2 bridgehead atoms. The maximum absolute atomic E-state index is 13.5. The van der Waals surface area contributed by atoms with Gasteiger partial charge in [-0.15, -0.1) is 22.0 Å². The number of anilines is 1. The van der Waals surface area contributed by atoms with Crippen molar-refractivity contribution in [2.24, 2.45) is 11.8 Å². The van der Waals surface area contributed by atoms with E-state index in [1.54, 1.807) is 23.9 Å². The van der Waals surface area contributed by atoms with Gasteiger partial charge >= 0.3 is 0 Å². The van der Waals surface area contributed by atoms with Crippen LogP contribution in [0.1, 0.15) is 41.9 Å². The van der Waals surface area contributed by atoms with Gasteiger partial charge in [-0.2, -0.15) is 5.21 Å². The van der Waals surface area contributed by atoms with Gasteiger partial charge in [0.1, 0.15) is 0 Å². The lowest BCUT2D eigenvalue weighted by molar-refractivity contribution is -0.0585. The van der Waals surface area contributed by atoms with Gasteiger partial charge in [0.05, 0.1) is 10.6 Å². The first-order chi connectivity index (χ1) is 16.7. The van der Waals surface area contributed by atoms with Crippen LogP contribution in [-0.2, 0) is 6.42 Å². The number of halogens is 4. The second-order valence-corrected chi connectivity index (χ2v) is 10.8. The normalized spacial score (nSPS) is 25.6. The number of hydrogen-bond acceptors (Lipinski definition) is 6. The maximum atomic E-state index is 13.5. The minimum atomic E-state index is -1.60. The number of fused-ring (bicyclic) bond motifs is 2. The molecular formula is C23H21ClF3N5O2S. The number of amides is 1. The van der Waals surface area contributed by atoms with Crippen molar-refractivity contribution in [3.63, 3.8) is 0 Å². The Morgan fingerprint density at radius 3 is 2.49 bits per heavy atom. The molecule has 2 saturated carbocycles. The smallest absolute Gasteiger partial charge is 0.255 e. The van der Waals surface area contributed by atoms with Crippen LogP contribution in [0.25, 0.3) is 0 Å². The first-order valence-corrected chi connectivity index (χ1v) is 12.4. The summed E-state index contributed by atoms with van der Waals surface area (Å²) in [4.78, 5) is 13.4. The fraction of sp³-hybridized carbons (Fsp3) is 0.391. The number of thioether (sulfide) groups is 1. The summed E-state index contributed by atoms with van der Waals surface area (Å²) in [5.74, 6) is -4.31. The van der Waals surface area contributed by atoms with Crippen molar-refractivity contribution in [2.75, 3.05) is 5.32 Å². The number of H-pyrrole nitrogens is 1. The summed E-state index contributed by atoms with van der Waals surface area (Å²) in [5, 5.41) is 28.4. The van der Waals surface area contributed by atoms with Gasteiger partial charge in [-0.05, 0) is 55.7 Å². The summed E-state index contributed by atoms with van der Waals surface area (Å²) < 4.78 is 40.2. The van der Waals surface area contributed by atoms with Crippen molar-refractivity contribution in [1.29, 1.82) is 0 Å². The van der Waals surface area contributed by atoms with E-state index >= 15 is 0 Å². The highest BCUT2D eigenvalue weighted by atomic mass is 35.5. The Hall–Kier alpha value is -2.63. The average molecular weight is 524 g/mol. The predicted molar refractivity (Wildman–Crippen MR) is 124 cm³/mol. The van der Waals surface area contributed by atoms with E-state index in [1.165, 1.54) is 6.07 Å². The van der Waals surface area contributed by atoms with E-state index in [-0.39, 0.29) is 28.3 Å². The SMILES string of the molecule is O=C(Nc1cc(F)c(F)c(F)c1)c1ccc(Cl)c(SC2CC3CC[C@@H](C2)C3(O)Cc2nn[nH]n2)c1. The third-order valence-corrected chi connectivity index (χ3v) is 8.68. The molecule has 0 radical (unpaired) electrons. The molecule has 2 aliphatic rings. The van der Waals surface area contributed by atoms with E-state index in [1.807, 2.05) is 0 Å². The molecule has 2 fully saturated rings. The van der Waals surface area contributed by atoms with E-state index in [0.29, 0.717) is 22.2 Å². The first-order valence-electron chi connectivity index (χ1n) is 11.1. The highest BCUT2D eigenvalue weighted by Gasteiger charge is 2.53. The fourth-order valence-corrected chi connectivity index (χ4v) is 6.89. The Morgan fingerprint density at radius 1 is 1.17 bits per heavy atom. The molecule has 35 heavy (non-hydrogen) atoms. The Balaban J connectivity index is 1.28. The molecular weight excluding hydrogens is 503 g/mol. The van der Waals surface area contributed by atoms with Crippen LogP contribution in [0.3, 0.4) is 0 Å². The number of benzene rings is 2. The second-order valence-electron chi connectivity index (χ2n) is 9.03. The molecule has 7 nitrogen and oxygen atoms in total. The minimum absolute atomic E-state index is 0.0887. The van der Waals surface area contributed by atoms with Gasteiger partial charge in [-0.25, -0.2) is 13.2 Å². The second kappa shape index (κ2) is 9.44. The van der Waals surface area contributed by atoms with Crippen LogP contribution in [-0.4, -0.2) is 42.5 Å². The molecule has 12 heteroatoms. The van der Waals surface area contributed by atoms with E-state index in [4.69, 9.17) is 11.6 Å². The quantitative estimate of drug-likeness (QED) is 0.402. The zero-order valence-electron chi connectivity index (χ0n) is 18.3. The average Bonchev–Trinajstić information content (AvgIpc) is 3.34. The van der Waals surface area contributed by atoms with Gasteiger partial charge in [0, 0.05) is 39.9 Å². The van der Waals surface area contributed by atoms with Crippen molar-refractivity contribution in [3.05, 3.63) is 64.2 Å². The highest BCUT2D eigenvalue weighted by molar-refractivity contribution is 8.00. The number of tetrazole rings is 1. The van der Waals surface area contributed by atoms with Crippen molar-refractivity contribution < 1.29 is 23.1 Å². The first kappa shape index (κ1) is 24.1. The number of aliphatic hydroxyl groups is 1. The number of nitrogens with one attached hydrogen (secondary N) is 2. The number of rotatable bonds is 6. The van der Waals surface area contributed by atoms with Crippen molar-refractivity contribution >= 4 is 35.0 Å². The van der Waals surface area contributed by atoms with Crippen molar-refractivity contribution in [2.45, 2.75) is 47.9 Å². The minimum Gasteiger partial charge on any atom is -0.389 e. The molecule has 1 aromatic heterocycles. The molecule has 3 N–H and O–H groups in total. The van der Waals surface area contributed by atoms with Crippen molar-refractivity contribution in [3.8, 4) is 0 Å². The Bertz CT molecular complexity index is 1220. The van der Waals surface area contributed by atoms with Crippen molar-refractivity contribution in [1.82, 2.24) is 20.6 Å². The highest BCUT2D eigenvalue weighted by Crippen LogP contribution is 2.54.